The van der Waals surface area contributed by atoms with E-state index < -0.39 is 10.9 Å². The highest BCUT2D eigenvalue weighted by Gasteiger charge is 2.37. The molecule has 6 heteroatoms. The number of carbonyl (C=O) groups is 2. The van der Waals surface area contributed by atoms with Crippen LogP contribution in [-0.2, 0) is 19.1 Å². The summed E-state index contributed by atoms with van der Waals surface area (Å²) in [6.07, 6.45) is 0.782. The second-order valence-electron chi connectivity index (χ2n) is 6.37. The number of thiol groups is 1. The summed E-state index contributed by atoms with van der Waals surface area (Å²) in [6.45, 7) is 8.61. The van der Waals surface area contributed by atoms with Crippen LogP contribution in [0.1, 0.15) is 40.5 Å². The van der Waals surface area contributed by atoms with Crippen LogP contribution in [0.15, 0.2) is 0 Å². The summed E-state index contributed by atoms with van der Waals surface area (Å²) in [6, 6.07) is 0. The van der Waals surface area contributed by atoms with E-state index in [1.54, 1.807) is 7.11 Å². The van der Waals surface area contributed by atoms with E-state index in [1.165, 1.54) is 4.90 Å². The lowest BCUT2D eigenvalue weighted by Gasteiger charge is -2.32. The summed E-state index contributed by atoms with van der Waals surface area (Å²) >= 11 is 4.10. The molecule has 0 bridgehead atoms. The Morgan fingerprint density at radius 2 is 1.85 bits per heavy atom. The van der Waals surface area contributed by atoms with E-state index in [0.717, 1.165) is 0 Å². The third-order valence-electron chi connectivity index (χ3n) is 3.52. The Labute approximate surface area is 126 Å². The summed E-state index contributed by atoms with van der Waals surface area (Å²) < 4.78 is 11.2. The van der Waals surface area contributed by atoms with Gasteiger partial charge in [-0.25, -0.2) is 0 Å². The summed E-state index contributed by atoms with van der Waals surface area (Å²) in [5, 5.41) is -0.487. The van der Waals surface area contributed by atoms with Gasteiger partial charge in [0.25, 0.3) is 0 Å². The number of imide groups is 1. The third-order valence-corrected chi connectivity index (χ3v) is 3.92. The van der Waals surface area contributed by atoms with Crippen LogP contribution in [-0.4, -0.2) is 53.4 Å². The highest BCUT2D eigenvalue weighted by atomic mass is 32.1. The van der Waals surface area contributed by atoms with Gasteiger partial charge < -0.3 is 9.47 Å². The topological polar surface area (TPSA) is 55.8 Å². The Kier molecular flexibility index (Phi) is 5.63. The first-order valence-electron chi connectivity index (χ1n) is 6.79. The van der Waals surface area contributed by atoms with Crippen LogP contribution < -0.4 is 0 Å². The molecule has 1 heterocycles. The average Bonchev–Trinajstić information content (AvgIpc) is 2.59. The van der Waals surface area contributed by atoms with Crippen molar-refractivity contribution in [3.8, 4) is 0 Å². The van der Waals surface area contributed by atoms with Crippen molar-refractivity contribution in [2.75, 3.05) is 20.3 Å². The summed E-state index contributed by atoms with van der Waals surface area (Å²) in [5.41, 5.74) is -0.780. The largest absolute Gasteiger partial charge is 0.376 e. The molecular weight excluding hydrogens is 278 g/mol. The molecule has 1 unspecified atom stereocenters. The quantitative estimate of drug-likeness (QED) is 0.574. The van der Waals surface area contributed by atoms with Gasteiger partial charge in [0.05, 0.1) is 23.1 Å². The molecule has 0 aliphatic carbocycles. The van der Waals surface area contributed by atoms with Crippen molar-refractivity contribution in [1.29, 1.82) is 0 Å². The van der Waals surface area contributed by atoms with Gasteiger partial charge in [0.2, 0.25) is 11.8 Å². The summed E-state index contributed by atoms with van der Waals surface area (Å²) in [5.74, 6) is -0.352. The molecule has 0 N–H and O–H groups in total. The monoisotopic (exact) mass is 303 g/mol. The van der Waals surface area contributed by atoms with Gasteiger partial charge in [-0.3, -0.25) is 14.5 Å². The smallest absolute Gasteiger partial charge is 0.242 e. The van der Waals surface area contributed by atoms with Gasteiger partial charge in [0, 0.05) is 20.1 Å². The van der Waals surface area contributed by atoms with Crippen molar-refractivity contribution >= 4 is 24.4 Å². The van der Waals surface area contributed by atoms with Crippen LogP contribution in [0.25, 0.3) is 0 Å². The molecule has 0 aromatic rings. The second kappa shape index (κ2) is 6.45. The van der Waals surface area contributed by atoms with Gasteiger partial charge in [-0.2, -0.15) is 12.6 Å². The zero-order valence-corrected chi connectivity index (χ0v) is 13.8. The molecule has 0 radical (unpaired) electrons. The average molecular weight is 303 g/mol. The molecule has 2 amide bonds. The standard InChI is InChI=1S/C14H25NO4S/c1-13(2,19-9-14(3,4)18-5)6-7-15-11(16)8-10(20)12(15)17/h10,20H,6-9H2,1-5H3. The van der Waals surface area contributed by atoms with Gasteiger partial charge in [-0.05, 0) is 34.1 Å². The number of carbonyl (C=O) groups excluding carboxylic acids is 2. The Morgan fingerprint density at radius 3 is 2.30 bits per heavy atom. The van der Waals surface area contributed by atoms with Crippen LogP contribution in [0.5, 0.6) is 0 Å². The maximum absolute atomic E-state index is 11.8. The first-order valence-corrected chi connectivity index (χ1v) is 7.31. The van der Waals surface area contributed by atoms with E-state index in [1.807, 2.05) is 27.7 Å². The van der Waals surface area contributed by atoms with Crippen molar-refractivity contribution < 1.29 is 19.1 Å². The number of rotatable bonds is 7. The maximum Gasteiger partial charge on any atom is 0.242 e. The molecule has 20 heavy (non-hydrogen) atoms. The molecule has 116 valence electrons. The molecule has 1 saturated heterocycles. The predicted octanol–water partition coefficient (Wildman–Crippen LogP) is 1.65. The second-order valence-corrected chi connectivity index (χ2v) is 6.99. The van der Waals surface area contributed by atoms with E-state index in [4.69, 9.17) is 9.47 Å². The molecule has 1 atom stereocenters. The molecule has 0 aromatic heterocycles. The molecule has 0 saturated carbocycles. The first kappa shape index (κ1) is 17.5. The maximum atomic E-state index is 11.8. The van der Waals surface area contributed by atoms with Gasteiger partial charge >= 0.3 is 0 Å². The SMILES string of the molecule is COC(C)(C)COC(C)(C)CCN1C(=O)CC(S)C1=O. The fraction of sp³-hybridized carbons (Fsp3) is 0.857. The van der Waals surface area contributed by atoms with Crippen LogP contribution in [0.3, 0.4) is 0 Å². The van der Waals surface area contributed by atoms with Crippen molar-refractivity contribution in [3.05, 3.63) is 0 Å². The van der Waals surface area contributed by atoms with Crippen LogP contribution in [0.2, 0.25) is 0 Å². The third kappa shape index (κ3) is 4.75. The number of hydrogen-bond acceptors (Lipinski definition) is 5. The number of amides is 2. The Bertz CT molecular complexity index is 381. The van der Waals surface area contributed by atoms with E-state index in [9.17, 15) is 9.59 Å². The molecular formula is C14H25NO4S. The lowest BCUT2D eigenvalue weighted by molar-refractivity contribution is -0.140. The summed E-state index contributed by atoms with van der Waals surface area (Å²) in [7, 11) is 1.64. The molecule has 1 aliphatic heterocycles. The number of ether oxygens (including phenoxy) is 2. The van der Waals surface area contributed by atoms with Crippen LogP contribution in [0, 0.1) is 0 Å². The van der Waals surface area contributed by atoms with Crippen molar-refractivity contribution in [2.45, 2.75) is 57.0 Å². The minimum atomic E-state index is -0.487. The number of methoxy groups -OCH3 is 1. The number of hydrogen-bond donors (Lipinski definition) is 1. The van der Waals surface area contributed by atoms with Gasteiger partial charge in [-0.15, -0.1) is 0 Å². The van der Waals surface area contributed by atoms with E-state index in [2.05, 4.69) is 12.6 Å². The zero-order valence-electron chi connectivity index (χ0n) is 12.9. The van der Waals surface area contributed by atoms with Gasteiger partial charge in [0.15, 0.2) is 0 Å². The zero-order chi connectivity index (χ0) is 15.6. The van der Waals surface area contributed by atoms with Crippen molar-refractivity contribution in [3.63, 3.8) is 0 Å². The molecule has 1 fully saturated rings. The van der Waals surface area contributed by atoms with E-state index in [-0.39, 0.29) is 23.8 Å². The predicted molar refractivity (Wildman–Crippen MR) is 79.8 cm³/mol. The van der Waals surface area contributed by atoms with E-state index in [0.29, 0.717) is 19.6 Å². The number of nitrogens with zero attached hydrogens (tertiary/aromatic N) is 1. The lowest BCUT2D eigenvalue weighted by Crippen LogP contribution is -2.40. The molecule has 1 rings (SSSR count). The molecule has 1 aliphatic rings. The minimum Gasteiger partial charge on any atom is -0.376 e. The minimum absolute atomic E-state index is 0.150. The lowest BCUT2D eigenvalue weighted by atomic mass is 10.0. The fourth-order valence-electron chi connectivity index (χ4n) is 1.78. The highest BCUT2D eigenvalue weighted by Crippen LogP contribution is 2.23. The van der Waals surface area contributed by atoms with Crippen LogP contribution in [0.4, 0.5) is 0 Å². The molecule has 0 spiro atoms. The Balaban J connectivity index is 2.47. The van der Waals surface area contributed by atoms with Gasteiger partial charge in [-0.1, -0.05) is 0 Å². The molecule has 0 aromatic carbocycles. The van der Waals surface area contributed by atoms with Crippen LogP contribution >= 0.6 is 12.6 Å². The Hall–Kier alpha value is -0.590. The first-order chi connectivity index (χ1) is 9.08. The number of likely N-dealkylation sites (tertiary alicyclic amines) is 1. The highest BCUT2D eigenvalue weighted by molar-refractivity contribution is 7.81. The van der Waals surface area contributed by atoms with Gasteiger partial charge in [0.1, 0.15) is 0 Å². The van der Waals surface area contributed by atoms with Crippen molar-refractivity contribution in [1.82, 2.24) is 4.90 Å². The normalized spacial score (nSPS) is 20.9. The summed E-state index contributed by atoms with van der Waals surface area (Å²) in [4.78, 5) is 24.7. The van der Waals surface area contributed by atoms with E-state index >= 15 is 0 Å². The fourth-order valence-corrected chi connectivity index (χ4v) is 2.08. The Morgan fingerprint density at radius 1 is 1.25 bits per heavy atom. The van der Waals surface area contributed by atoms with Crippen molar-refractivity contribution in [2.24, 2.45) is 0 Å². The molecule has 5 nitrogen and oxygen atoms in total.